The zero-order valence-corrected chi connectivity index (χ0v) is 8.40. The van der Waals surface area contributed by atoms with Crippen LogP contribution in [0.15, 0.2) is 0 Å². The molecule has 4 atom stereocenters. The molecule has 1 saturated heterocycles. The van der Waals surface area contributed by atoms with Crippen LogP contribution in [0.25, 0.3) is 0 Å². The molecule has 3 heteroatoms. The van der Waals surface area contributed by atoms with Gasteiger partial charge in [-0.25, -0.2) is 0 Å². The van der Waals surface area contributed by atoms with Crippen molar-refractivity contribution in [3.8, 4) is 0 Å². The third-order valence-electron chi connectivity index (χ3n) is 2.05. The van der Waals surface area contributed by atoms with E-state index in [-0.39, 0.29) is 23.0 Å². The van der Waals surface area contributed by atoms with Crippen LogP contribution in [-0.2, 0) is 4.74 Å². The Bertz CT molecular complexity index is 115. The molecule has 0 amide bonds. The van der Waals surface area contributed by atoms with Crippen molar-refractivity contribution in [2.45, 2.75) is 49.7 Å². The summed E-state index contributed by atoms with van der Waals surface area (Å²) in [5, 5.41) is 0.292. The predicted octanol–water partition coefficient (Wildman–Crippen LogP) is 2.79. The highest BCUT2D eigenvalue weighted by atomic mass is 35.5. The minimum absolute atomic E-state index is 0.146. The van der Waals surface area contributed by atoms with Crippen LogP contribution in [0.4, 0.5) is 0 Å². The van der Waals surface area contributed by atoms with Crippen LogP contribution in [0.3, 0.4) is 0 Å². The van der Waals surface area contributed by atoms with Crippen LogP contribution in [0.1, 0.15) is 26.7 Å². The number of halogens is 2. The van der Waals surface area contributed by atoms with E-state index in [1.807, 2.05) is 0 Å². The van der Waals surface area contributed by atoms with Crippen LogP contribution >= 0.6 is 23.2 Å². The molecule has 0 spiro atoms. The lowest BCUT2D eigenvalue weighted by molar-refractivity contribution is 0.357. The summed E-state index contributed by atoms with van der Waals surface area (Å²) in [5.74, 6) is 0. The van der Waals surface area contributed by atoms with Crippen molar-refractivity contribution in [2.24, 2.45) is 0 Å². The number of epoxide rings is 1. The van der Waals surface area contributed by atoms with E-state index in [9.17, 15) is 0 Å². The first kappa shape index (κ1) is 9.63. The van der Waals surface area contributed by atoms with Gasteiger partial charge in [-0.3, -0.25) is 0 Å². The summed E-state index contributed by atoms with van der Waals surface area (Å²) in [6, 6.07) is 0. The van der Waals surface area contributed by atoms with E-state index in [1.165, 1.54) is 0 Å². The summed E-state index contributed by atoms with van der Waals surface area (Å²) in [7, 11) is 0. The molecular weight excluding hydrogens is 183 g/mol. The average molecular weight is 197 g/mol. The lowest BCUT2D eigenvalue weighted by Gasteiger charge is -2.02. The van der Waals surface area contributed by atoms with Crippen LogP contribution in [0.2, 0.25) is 0 Å². The van der Waals surface area contributed by atoms with Gasteiger partial charge in [0.2, 0.25) is 0 Å². The minimum atomic E-state index is 0.146. The first-order valence-electron chi connectivity index (χ1n) is 4.14. The normalized spacial score (nSPS) is 34.9. The molecule has 0 aromatic carbocycles. The van der Waals surface area contributed by atoms with Gasteiger partial charge in [-0.15, -0.1) is 23.2 Å². The van der Waals surface area contributed by atoms with Gasteiger partial charge in [0.1, 0.15) is 12.2 Å². The van der Waals surface area contributed by atoms with Crippen LogP contribution < -0.4 is 0 Å². The number of hydrogen-bond donors (Lipinski definition) is 0. The molecule has 0 aliphatic carbocycles. The summed E-state index contributed by atoms with van der Waals surface area (Å²) in [6.45, 7) is 4.12. The molecule has 0 aromatic heterocycles. The highest BCUT2D eigenvalue weighted by molar-refractivity contribution is 6.22. The maximum Gasteiger partial charge on any atom is 0.102 e. The molecule has 1 nitrogen and oxygen atoms in total. The van der Waals surface area contributed by atoms with Gasteiger partial charge in [-0.05, 0) is 12.8 Å². The Morgan fingerprint density at radius 2 is 1.45 bits per heavy atom. The Kier molecular flexibility index (Phi) is 3.48. The van der Waals surface area contributed by atoms with Crippen molar-refractivity contribution in [1.29, 1.82) is 0 Å². The van der Waals surface area contributed by atoms with E-state index in [2.05, 4.69) is 13.8 Å². The highest BCUT2D eigenvalue weighted by Crippen LogP contribution is 2.35. The summed E-state index contributed by atoms with van der Waals surface area (Å²) in [5.41, 5.74) is 0. The topological polar surface area (TPSA) is 12.5 Å². The van der Waals surface area contributed by atoms with Gasteiger partial charge < -0.3 is 4.74 Å². The van der Waals surface area contributed by atoms with Gasteiger partial charge in [-0.1, -0.05) is 13.8 Å². The van der Waals surface area contributed by atoms with Crippen molar-refractivity contribution >= 4 is 23.2 Å². The first-order chi connectivity index (χ1) is 5.20. The number of rotatable bonds is 4. The number of hydrogen-bond acceptors (Lipinski definition) is 1. The fraction of sp³-hybridized carbons (Fsp3) is 1.00. The quantitative estimate of drug-likeness (QED) is 0.498. The largest absolute Gasteiger partial charge is 0.366 e. The second-order valence-electron chi connectivity index (χ2n) is 2.91. The Labute approximate surface area is 78.0 Å². The standard InChI is InChI=1S/C8H14Cl2O/c1-3-5(9)7-8(11-7)6(10)4-2/h5-8H,3-4H2,1-2H3. The molecule has 1 heterocycles. The molecule has 1 rings (SSSR count). The second-order valence-corrected chi connectivity index (χ2v) is 4.03. The molecule has 66 valence electrons. The molecule has 0 saturated carbocycles. The Hall–Kier alpha value is 0.540. The van der Waals surface area contributed by atoms with E-state index in [0.29, 0.717) is 0 Å². The summed E-state index contributed by atoms with van der Waals surface area (Å²) in [6.07, 6.45) is 2.33. The van der Waals surface area contributed by atoms with Crippen molar-refractivity contribution in [1.82, 2.24) is 0 Å². The summed E-state index contributed by atoms with van der Waals surface area (Å²) >= 11 is 11.9. The highest BCUT2D eigenvalue weighted by Gasteiger charge is 2.47. The maximum absolute atomic E-state index is 5.97. The maximum atomic E-state index is 5.97. The smallest absolute Gasteiger partial charge is 0.102 e. The number of ether oxygens (including phenoxy) is 1. The Morgan fingerprint density at radius 3 is 1.73 bits per heavy atom. The fourth-order valence-corrected chi connectivity index (χ4v) is 1.59. The minimum Gasteiger partial charge on any atom is -0.366 e. The van der Waals surface area contributed by atoms with E-state index >= 15 is 0 Å². The molecule has 11 heavy (non-hydrogen) atoms. The first-order valence-corrected chi connectivity index (χ1v) is 5.01. The summed E-state index contributed by atoms with van der Waals surface area (Å²) < 4.78 is 5.36. The zero-order valence-electron chi connectivity index (χ0n) is 6.89. The molecule has 4 unspecified atom stereocenters. The molecular formula is C8H14Cl2O. The molecule has 0 radical (unpaired) electrons. The monoisotopic (exact) mass is 196 g/mol. The molecule has 1 aliphatic heterocycles. The van der Waals surface area contributed by atoms with Gasteiger partial charge in [0.05, 0.1) is 10.8 Å². The second kappa shape index (κ2) is 3.97. The van der Waals surface area contributed by atoms with E-state index < -0.39 is 0 Å². The van der Waals surface area contributed by atoms with Gasteiger partial charge >= 0.3 is 0 Å². The third kappa shape index (κ3) is 2.24. The predicted molar refractivity (Wildman–Crippen MR) is 48.5 cm³/mol. The van der Waals surface area contributed by atoms with Crippen molar-refractivity contribution < 1.29 is 4.74 Å². The lowest BCUT2D eigenvalue weighted by atomic mass is 10.1. The molecule has 0 N–H and O–H groups in total. The Balaban J connectivity index is 2.25. The zero-order chi connectivity index (χ0) is 8.43. The van der Waals surface area contributed by atoms with Gasteiger partial charge in [0, 0.05) is 0 Å². The van der Waals surface area contributed by atoms with Gasteiger partial charge in [0.25, 0.3) is 0 Å². The molecule has 0 aromatic rings. The Morgan fingerprint density at radius 1 is 1.09 bits per heavy atom. The van der Waals surface area contributed by atoms with Crippen LogP contribution in [0.5, 0.6) is 0 Å². The van der Waals surface area contributed by atoms with Crippen LogP contribution in [-0.4, -0.2) is 23.0 Å². The van der Waals surface area contributed by atoms with Crippen molar-refractivity contribution in [2.75, 3.05) is 0 Å². The van der Waals surface area contributed by atoms with Crippen molar-refractivity contribution in [3.05, 3.63) is 0 Å². The van der Waals surface area contributed by atoms with E-state index in [4.69, 9.17) is 27.9 Å². The SMILES string of the molecule is CCC(Cl)C1OC1C(Cl)CC. The van der Waals surface area contributed by atoms with E-state index in [1.54, 1.807) is 0 Å². The molecule has 0 bridgehead atoms. The summed E-state index contributed by atoms with van der Waals surface area (Å²) in [4.78, 5) is 0. The molecule has 1 aliphatic rings. The third-order valence-corrected chi connectivity index (χ3v) is 3.17. The van der Waals surface area contributed by atoms with Crippen LogP contribution in [0, 0.1) is 0 Å². The number of alkyl halides is 2. The van der Waals surface area contributed by atoms with Crippen molar-refractivity contribution in [3.63, 3.8) is 0 Å². The fourth-order valence-electron chi connectivity index (χ4n) is 1.18. The van der Waals surface area contributed by atoms with Gasteiger partial charge in [-0.2, -0.15) is 0 Å². The average Bonchev–Trinajstić information content (AvgIpc) is 2.80. The van der Waals surface area contributed by atoms with Gasteiger partial charge in [0.15, 0.2) is 0 Å². The lowest BCUT2D eigenvalue weighted by Crippen LogP contribution is -2.15. The van der Waals surface area contributed by atoms with E-state index in [0.717, 1.165) is 12.8 Å². The molecule has 1 fully saturated rings.